The van der Waals surface area contributed by atoms with Gasteiger partial charge in [0.2, 0.25) is 0 Å². The summed E-state index contributed by atoms with van der Waals surface area (Å²) in [6.07, 6.45) is 0. The number of aromatic carboxylic acids is 1. The zero-order chi connectivity index (χ0) is 14.0. The highest BCUT2D eigenvalue weighted by atomic mass is 16.6. The molecule has 1 N–H and O–H groups in total. The molecule has 0 heterocycles. The van der Waals surface area contributed by atoms with Crippen LogP contribution in [0, 0.1) is 17.0 Å². The topological polar surface area (TPSA) is 80.4 Å². The largest absolute Gasteiger partial charge is 0.478 e. The summed E-state index contributed by atoms with van der Waals surface area (Å²) in [7, 11) is 0. The molecular weight excluding hydrogens is 246 g/mol. The summed E-state index contributed by atoms with van der Waals surface area (Å²) in [6, 6.07) is 11.8. The van der Waals surface area contributed by atoms with Crippen molar-refractivity contribution >= 4 is 11.7 Å². The van der Waals surface area contributed by atoms with Gasteiger partial charge < -0.3 is 5.11 Å². The smallest absolute Gasteiger partial charge is 0.336 e. The molecule has 0 unspecified atom stereocenters. The first-order chi connectivity index (χ1) is 9.02. The van der Waals surface area contributed by atoms with E-state index in [0.29, 0.717) is 5.56 Å². The van der Waals surface area contributed by atoms with Gasteiger partial charge in [-0.3, -0.25) is 10.1 Å². The van der Waals surface area contributed by atoms with Crippen LogP contribution < -0.4 is 0 Å². The van der Waals surface area contributed by atoms with Crippen LogP contribution in [0.25, 0.3) is 11.1 Å². The van der Waals surface area contributed by atoms with E-state index in [1.165, 1.54) is 19.1 Å². The third-order valence-corrected chi connectivity index (χ3v) is 2.93. The van der Waals surface area contributed by atoms with Crippen molar-refractivity contribution in [1.29, 1.82) is 0 Å². The Balaban J connectivity index is 2.73. The molecule has 2 rings (SSSR count). The van der Waals surface area contributed by atoms with Crippen molar-refractivity contribution in [2.45, 2.75) is 6.92 Å². The van der Waals surface area contributed by atoms with Gasteiger partial charge in [-0.15, -0.1) is 0 Å². The molecule has 0 aromatic heterocycles. The van der Waals surface area contributed by atoms with Gasteiger partial charge in [0.05, 0.1) is 10.5 Å². The Kier molecular flexibility index (Phi) is 3.29. The second-order valence-electron chi connectivity index (χ2n) is 4.06. The van der Waals surface area contributed by atoms with E-state index in [1.54, 1.807) is 24.3 Å². The molecule has 5 heteroatoms. The average Bonchev–Trinajstić information content (AvgIpc) is 2.38. The van der Waals surface area contributed by atoms with Gasteiger partial charge in [-0.05, 0) is 24.1 Å². The maximum Gasteiger partial charge on any atom is 0.336 e. The summed E-state index contributed by atoms with van der Waals surface area (Å²) >= 11 is 0. The van der Waals surface area contributed by atoms with Crippen LogP contribution in [-0.2, 0) is 0 Å². The first-order valence-corrected chi connectivity index (χ1v) is 5.59. The third kappa shape index (κ3) is 2.30. The number of hydrogen-bond donors (Lipinski definition) is 1. The first-order valence-electron chi connectivity index (χ1n) is 5.59. The normalized spacial score (nSPS) is 10.2. The van der Waals surface area contributed by atoms with Gasteiger partial charge in [-0.2, -0.15) is 0 Å². The second kappa shape index (κ2) is 4.89. The van der Waals surface area contributed by atoms with Crippen LogP contribution in [-0.4, -0.2) is 16.0 Å². The molecule has 0 fully saturated rings. The predicted molar refractivity (Wildman–Crippen MR) is 70.2 cm³/mol. The lowest BCUT2D eigenvalue weighted by atomic mass is 9.95. The number of nitro benzene ring substituents is 1. The van der Waals surface area contributed by atoms with E-state index in [4.69, 9.17) is 0 Å². The molecule has 5 nitrogen and oxygen atoms in total. The van der Waals surface area contributed by atoms with E-state index in [0.717, 1.165) is 5.56 Å². The maximum absolute atomic E-state index is 11.4. The number of hydrogen-bond acceptors (Lipinski definition) is 3. The Morgan fingerprint density at radius 2 is 1.79 bits per heavy atom. The van der Waals surface area contributed by atoms with Crippen molar-refractivity contribution in [1.82, 2.24) is 0 Å². The van der Waals surface area contributed by atoms with Crippen molar-refractivity contribution in [2.24, 2.45) is 0 Å². The fourth-order valence-corrected chi connectivity index (χ4v) is 2.03. The van der Waals surface area contributed by atoms with Gasteiger partial charge in [-0.1, -0.05) is 30.3 Å². The maximum atomic E-state index is 11.4. The number of nitrogens with zero attached hydrogens (tertiary/aromatic N) is 1. The summed E-state index contributed by atoms with van der Waals surface area (Å²) in [5, 5.41) is 20.1. The highest BCUT2D eigenvalue weighted by molar-refractivity contribution is 5.98. The quantitative estimate of drug-likeness (QED) is 0.675. The highest BCUT2D eigenvalue weighted by Crippen LogP contribution is 2.31. The lowest BCUT2D eigenvalue weighted by molar-refractivity contribution is -0.385. The highest BCUT2D eigenvalue weighted by Gasteiger charge is 2.22. The average molecular weight is 257 g/mol. The molecule has 0 aliphatic rings. The minimum atomic E-state index is -1.17. The van der Waals surface area contributed by atoms with Gasteiger partial charge >= 0.3 is 5.97 Å². The van der Waals surface area contributed by atoms with Crippen LogP contribution in [0.4, 0.5) is 5.69 Å². The van der Waals surface area contributed by atoms with Gasteiger partial charge in [0.25, 0.3) is 5.69 Å². The SMILES string of the molecule is Cc1c([N+](=O)[O-])ccc(-c2ccccc2)c1C(=O)O. The minimum absolute atomic E-state index is 0.0274. The molecule has 96 valence electrons. The lowest BCUT2D eigenvalue weighted by Gasteiger charge is -2.09. The van der Waals surface area contributed by atoms with Gasteiger partial charge in [0.15, 0.2) is 0 Å². The van der Waals surface area contributed by atoms with Crippen LogP contribution in [0.3, 0.4) is 0 Å². The monoisotopic (exact) mass is 257 g/mol. The molecule has 0 saturated heterocycles. The molecule has 0 saturated carbocycles. The molecule has 19 heavy (non-hydrogen) atoms. The zero-order valence-corrected chi connectivity index (χ0v) is 10.2. The van der Waals surface area contributed by atoms with Crippen LogP contribution in [0.1, 0.15) is 15.9 Å². The standard InChI is InChI=1S/C14H11NO4/c1-9-12(15(18)19)8-7-11(13(9)14(16)17)10-5-3-2-4-6-10/h2-8H,1H3,(H,16,17). The van der Waals surface area contributed by atoms with E-state index in [2.05, 4.69) is 0 Å². The molecule has 0 spiro atoms. The molecule has 0 atom stereocenters. The second-order valence-corrected chi connectivity index (χ2v) is 4.06. The molecule has 0 aliphatic carbocycles. The Labute approximate surface area is 109 Å². The molecule has 0 bridgehead atoms. The molecule has 0 aliphatic heterocycles. The summed E-state index contributed by atoms with van der Waals surface area (Å²) in [4.78, 5) is 21.7. The first kappa shape index (κ1) is 12.8. The Morgan fingerprint density at radius 1 is 1.16 bits per heavy atom. The number of carboxylic acids is 1. The molecular formula is C14H11NO4. The van der Waals surface area contributed by atoms with Crippen LogP contribution >= 0.6 is 0 Å². The number of carboxylic acid groups (broad SMARTS) is 1. The summed E-state index contributed by atoms with van der Waals surface area (Å²) in [5.74, 6) is -1.17. The van der Waals surface area contributed by atoms with E-state index in [1.807, 2.05) is 6.07 Å². The zero-order valence-electron chi connectivity index (χ0n) is 10.2. The fraction of sp³-hybridized carbons (Fsp3) is 0.0714. The number of rotatable bonds is 3. The van der Waals surface area contributed by atoms with Crippen molar-refractivity contribution in [3.63, 3.8) is 0 Å². The Morgan fingerprint density at radius 3 is 2.32 bits per heavy atom. The minimum Gasteiger partial charge on any atom is -0.478 e. The molecule has 2 aromatic carbocycles. The summed E-state index contributed by atoms with van der Waals surface area (Å²) in [5.41, 5.74) is 1.16. The molecule has 2 aromatic rings. The molecule has 0 amide bonds. The van der Waals surface area contributed by atoms with E-state index >= 15 is 0 Å². The number of nitro groups is 1. The van der Waals surface area contributed by atoms with Crippen molar-refractivity contribution in [2.75, 3.05) is 0 Å². The van der Waals surface area contributed by atoms with Crippen molar-refractivity contribution < 1.29 is 14.8 Å². The van der Waals surface area contributed by atoms with Gasteiger partial charge in [0.1, 0.15) is 0 Å². The number of benzene rings is 2. The van der Waals surface area contributed by atoms with Crippen LogP contribution in [0.5, 0.6) is 0 Å². The summed E-state index contributed by atoms with van der Waals surface area (Å²) in [6.45, 7) is 1.45. The van der Waals surface area contributed by atoms with E-state index in [9.17, 15) is 20.0 Å². The number of carbonyl (C=O) groups is 1. The Bertz CT molecular complexity index is 650. The Hall–Kier alpha value is -2.69. The van der Waals surface area contributed by atoms with Gasteiger partial charge in [-0.25, -0.2) is 4.79 Å². The third-order valence-electron chi connectivity index (χ3n) is 2.93. The fourth-order valence-electron chi connectivity index (χ4n) is 2.03. The van der Waals surface area contributed by atoms with E-state index in [-0.39, 0.29) is 16.8 Å². The summed E-state index contributed by atoms with van der Waals surface area (Å²) < 4.78 is 0. The van der Waals surface area contributed by atoms with Gasteiger partial charge in [0, 0.05) is 11.6 Å². The molecule has 0 radical (unpaired) electrons. The van der Waals surface area contributed by atoms with Crippen LogP contribution in [0.2, 0.25) is 0 Å². The van der Waals surface area contributed by atoms with Crippen LogP contribution in [0.15, 0.2) is 42.5 Å². The lowest BCUT2D eigenvalue weighted by Crippen LogP contribution is -2.05. The van der Waals surface area contributed by atoms with E-state index < -0.39 is 10.9 Å². The van der Waals surface area contributed by atoms with Crippen molar-refractivity contribution in [3.8, 4) is 11.1 Å². The predicted octanol–water partition coefficient (Wildman–Crippen LogP) is 3.27. The van der Waals surface area contributed by atoms with Crippen molar-refractivity contribution in [3.05, 3.63) is 63.7 Å².